The lowest BCUT2D eigenvalue weighted by Crippen LogP contribution is -2.39. The minimum atomic E-state index is -3.78. The van der Waals surface area contributed by atoms with E-state index >= 15 is 0 Å². The van der Waals surface area contributed by atoms with Crippen LogP contribution in [0.2, 0.25) is 0 Å². The van der Waals surface area contributed by atoms with Gasteiger partial charge in [-0.25, -0.2) is 13.2 Å². The van der Waals surface area contributed by atoms with E-state index in [2.05, 4.69) is 15.3 Å². The molecule has 9 nitrogen and oxygen atoms in total. The maximum absolute atomic E-state index is 13.4. The van der Waals surface area contributed by atoms with Gasteiger partial charge in [-0.1, -0.05) is 13.8 Å². The summed E-state index contributed by atoms with van der Waals surface area (Å²) in [6.45, 7) is 4.90. The van der Waals surface area contributed by atoms with Gasteiger partial charge in [0.05, 0.1) is 10.5 Å². The fourth-order valence-electron chi connectivity index (χ4n) is 3.70. The number of aromatic nitrogens is 2. The fraction of sp³-hybridized carbons (Fsp3) is 0.400. The van der Waals surface area contributed by atoms with E-state index in [9.17, 15) is 23.1 Å². The van der Waals surface area contributed by atoms with Crippen molar-refractivity contribution in [3.8, 4) is 0 Å². The monoisotopic (exact) mass is 432 g/mol. The Balaban J connectivity index is 1.83. The topological polar surface area (TPSA) is 135 Å². The SMILES string of the molecule is CC(C)NCCN(C1CC1)S(=O)(=O)c1ccc2[nH]c(=O)c3[nH]cc(C(=O)O)c3c2c1. The molecule has 4 N–H and O–H groups in total. The Labute approximate surface area is 173 Å². The molecule has 1 aromatic carbocycles. The summed E-state index contributed by atoms with van der Waals surface area (Å²) in [6.07, 6.45) is 2.90. The van der Waals surface area contributed by atoms with Crippen LogP contribution in [0.3, 0.4) is 0 Å². The zero-order valence-corrected chi connectivity index (χ0v) is 17.5. The van der Waals surface area contributed by atoms with Crippen molar-refractivity contribution >= 4 is 37.8 Å². The quantitative estimate of drug-likeness (QED) is 0.429. The molecule has 1 fully saturated rings. The number of aromatic carboxylic acids is 1. The molecule has 4 rings (SSSR count). The Kier molecular flexibility index (Phi) is 5.16. The van der Waals surface area contributed by atoms with Crippen molar-refractivity contribution < 1.29 is 18.3 Å². The molecule has 2 heterocycles. The molecule has 160 valence electrons. The second kappa shape index (κ2) is 7.53. The molecule has 0 atom stereocenters. The van der Waals surface area contributed by atoms with Gasteiger partial charge in [-0.05, 0) is 31.0 Å². The molecule has 0 radical (unpaired) electrons. The lowest BCUT2D eigenvalue weighted by Gasteiger charge is -2.23. The Hall–Kier alpha value is -2.69. The number of hydrogen-bond donors (Lipinski definition) is 4. The van der Waals surface area contributed by atoms with E-state index in [4.69, 9.17) is 0 Å². The predicted octanol–water partition coefficient (Wildman–Crippen LogP) is 1.86. The predicted molar refractivity (Wildman–Crippen MR) is 113 cm³/mol. The van der Waals surface area contributed by atoms with Crippen LogP contribution in [0.15, 0.2) is 34.1 Å². The number of carboxylic acid groups (broad SMARTS) is 1. The molecular formula is C20H24N4O5S. The minimum absolute atomic E-state index is 0.0166. The molecule has 10 heteroatoms. The summed E-state index contributed by atoms with van der Waals surface area (Å²) in [5.74, 6) is -1.19. The zero-order valence-electron chi connectivity index (χ0n) is 16.7. The number of aromatic amines is 2. The van der Waals surface area contributed by atoms with Crippen molar-refractivity contribution in [2.75, 3.05) is 13.1 Å². The number of carbonyl (C=O) groups is 1. The maximum Gasteiger partial charge on any atom is 0.337 e. The van der Waals surface area contributed by atoms with Gasteiger partial charge in [-0.15, -0.1) is 0 Å². The summed E-state index contributed by atoms with van der Waals surface area (Å²) in [6, 6.07) is 4.66. The van der Waals surface area contributed by atoms with Crippen molar-refractivity contribution in [3.05, 3.63) is 40.3 Å². The molecule has 1 aliphatic carbocycles. The van der Waals surface area contributed by atoms with Gasteiger partial charge < -0.3 is 20.4 Å². The smallest absolute Gasteiger partial charge is 0.337 e. The van der Waals surface area contributed by atoms with Gasteiger partial charge in [-0.3, -0.25) is 4.79 Å². The summed E-state index contributed by atoms with van der Waals surface area (Å²) in [4.78, 5) is 29.3. The van der Waals surface area contributed by atoms with Gasteiger partial charge in [0.1, 0.15) is 5.52 Å². The number of benzene rings is 1. The highest BCUT2D eigenvalue weighted by Gasteiger charge is 2.37. The van der Waals surface area contributed by atoms with Crippen molar-refractivity contribution in [1.82, 2.24) is 19.6 Å². The first kappa shape index (κ1) is 20.6. The van der Waals surface area contributed by atoms with E-state index in [-0.39, 0.29) is 33.4 Å². The van der Waals surface area contributed by atoms with Crippen LogP contribution in [-0.4, -0.2) is 58.9 Å². The van der Waals surface area contributed by atoms with Crippen LogP contribution in [0.5, 0.6) is 0 Å². The van der Waals surface area contributed by atoms with Gasteiger partial charge in [0.2, 0.25) is 10.0 Å². The summed E-state index contributed by atoms with van der Waals surface area (Å²) < 4.78 is 28.3. The van der Waals surface area contributed by atoms with E-state index in [1.54, 1.807) is 0 Å². The number of nitrogens with zero attached hydrogens (tertiary/aromatic N) is 1. The minimum Gasteiger partial charge on any atom is -0.478 e. The molecule has 1 aliphatic rings. The van der Waals surface area contributed by atoms with Gasteiger partial charge in [0, 0.05) is 47.7 Å². The van der Waals surface area contributed by atoms with E-state index < -0.39 is 21.6 Å². The summed E-state index contributed by atoms with van der Waals surface area (Å²) >= 11 is 0. The molecule has 0 saturated heterocycles. The number of hydrogen-bond acceptors (Lipinski definition) is 5. The van der Waals surface area contributed by atoms with Crippen LogP contribution in [0.1, 0.15) is 37.0 Å². The molecule has 3 aromatic rings. The van der Waals surface area contributed by atoms with Gasteiger partial charge in [0.25, 0.3) is 5.56 Å². The molecule has 0 unspecified atom stereocenters. The van der Waals surface area contributed by atoms with E-state index in [1.807, 2.05) is 13.8 Å². The normalized spacial score (nSPS) is 14.9. The third-order valence-corrected chi connectivity index (χ3v) is 7.24. The van der Waals surface area contributed by atoms with Gasteiger partial charge in [0.15, 0.2) is 0 Å². The highest BCUT2D eigenvalue weighted by atomic mass is 32.2. The molecule has 0 aliphatic heterocycles. The van der Waals surface area contributed by atoms with Crippen LogP contribution < -0.4 is 10.9 Å². The lowest BCUT2D eigenvalue weighted by atomic mass is 10.1. The third-order valence-electron chi connectivity index (χ3n) is 5.29. The highest BCUT2D eigenvalue weighted by Crippen LogP contribution is 2.33. The molecule has 0 spiro atoms. The Morgan fingerprint density at radius 3 is 2.70 bits per heavy atom. The lowest BCUT2D eigenvalue weighted by molar-refractivity contribution is 0.0699. The number of H-pyrrole nitrogens is 2. The Morgan fingerprint density at radius 1 is 1.33 bits per heavy atom. The zero-order chi connectivity index (χ0) is 21.6. The number of fused-ring (bicyclic) bond motifs is 3. The van der Waals surface area contributed by atoms with E-state index in [1.165, 1.54) is 28.7 Å². The average Bonchev–Trinajstić information content (AvgIpc) is 3.40. The molecular weight excluding hydrogens is 408 g/mol. The number of rotatable bonds is 8. The average molecular weight is 433 g/mol. The van der Waals surface area contributed by atoms with Crippen LogP contribution in [-0.2, 0) is 10.0 Å². The summed E-state index contributed by atoms with van der Waals surface area (Å²) in [7, 11) is -3.78. The van der Waals surface area contributed by atoms with Gasteiger partial charge >= 0.3 is 5.97 Å². The van der Waals surface area contributed by atoms with E-state index in [0.29, 0.717) is 24.0 Å². The number of pyridine rings is 1. The number of nitrogens with one attached hydrogen (secondary N) is 3. The van der Waals surface area contributed by atoms with Crippen LogP contribution >= 0.6 is 0 Å². The molecule has 1 saturated carbocycles. The Bertz CT molecular complexity index is 1290. The van der Waals surface area contributed by atoms with Crippen LogP contribution in [0.4, 0.5) is 0 Å². The number of carboxylic acids is 1. The second-order valence-corrected chi connectivity index (χ2v) is 9.77. The largest absolute Gasteiger partial charge is 0.478 e. The summed E-state index contributed by atoms with van der Waals surface area (Å²) in [5, 5.41) is 13.3. The standard InChI is InChI=1S/C20H24N4O5S/c1-11(2)21-7-8-24(12-3-4-12)30(28,29)13-5-6-16-14(9-13)17-15(20(26)27)10-22-18(17)19(25)23-16/h5-6,9-12,21-22H,3-4,7-8H2,1-2H3,(H,23,25)(H,26,27). The third kappa shape index (κ3) is 3.62. The Morgan fingerprint density at radius 2 is 2.07 bits per heavy atom. The van der Waals surface area contributed by atoms with Crippen molar-refractivity contribution in [3.63, 3.8) is 0 Å². The first-order valence-electron chi connectivity index (χ1n) is 9.86. The number of sulfonamides is 1. The summed E-state index contributed by atoms with van der Waals surface area (Å²) in [5.41, 5.74) is -0.0431. The fourth-order valence-corrected chi connectivity index (χ4v) is 5.41. The molecule has 0 amide bonds. The highest BCUT2D eigenvalue weighted by molar-refractivity contribution is 7.89. The van der Waals surface area contributed by atoms with E-state index in [0.717, 1.165) is 12.8 Å². The maximum atomic E-state index is 13.4. The van der Waals surface area contributed by atoms with Crippen molar-refractivity contribution in [1.29, 1.82) is 0 Å². The van der Waals surface area contributed by atoms with Crippen LogP contribution in [0, 0.1) is 0 Å². The molecule has 30 heavy (non-hydrogen) atoms. The first-order chi connectivity index (χ1) is 14.2. The van der Waals surface area contributed by atoms with Gasteiger partial charge in [-0.2, -0.15) is 4.31 Å². The first-order valence-corrected chi connectivity index (χ1v) is 11.3. The van der Waals surface area contributed by atoms with Crippen LogP contribution in [0.25, 0.3) is 21.8 Å². The molecule has 0 bridgehead atoms. The van der Waals surface area contributed by atoms with Crippen molar-refractivity contribution in [2.45, 2.75) is 43.7 Å². The van der Waals surface area contributed by atoms with Crippen molar-refractivity contribution in [2.24, 2.45) is 0 Å². The molecule has 2 aromatic heterocycles. The second-order valence-electron chi connectivity index (χ2n) is 7.87.